The molecule has 5 heteroatoms. The SMILES string of the molecule is CC1SCCC1N(C)CC(=O)N1CCNCC1. The van der Waals surface area contributed by atoms with Crippen molar-refractivity contribution < 1.29 is 4.79 Å². The molecule has 0 aliphatic carbocycles. The van der Waals surface area contributed by atoms with Crippen molar-refractivity contribution in [1.82, 2.24) is 15.1 Å². The molecular weight excluding hydrogens is 234 g/mol. The maximum Gasteiger partial charge on any atom is 0.236 e. The van der Waals surface area contributed by atoms with Gasteiger partial charge >= 0.3 is 0 Å². The number of nitrogens with one attached hydrogen (secondary N) is 1. The Labute approximate surface area is 108 Å². The average molecular weight is 257 g/mol. The molecule has 0 radical (unpaired) electrons. The monoisotopic (exact) mass is 257 g/mol. The van der Waals surface area contributed by atoms with Gasteiger partial charge in [-0.1, -0.05) is 6.92 Å². The second kappa shape index (κ2) is 6.07. The molecule has 2 atom stereocenters. The van der Waals surface area contributed by atoms with E-state index in [9.17, 15) is 4.79 Å². The summed E-state index contributed by atoms with van der Waals surface area (Å²) in [6, 6.07) is 0.576. The molecule has 2 unspecified atom stereocenters. The van der Waals surface area contributed by atoms with Crippen molar-refractivity contribution in [2.24, 2.45) is 0 Å². The number of hydrogen-bond acceptors (Lipinski definition) is 4. The van der Waals surface area contributed by atoms with Gasteiger partial charge in [0.1, 0.15) is 0 Å². The van der Waals surface area contributed by atoms with Gasteiger partial charge in [0.25, 0.3) is 0 Å². The zero-order chi connectivity index (χ0) is 12.3. The summed E-state index contributed by atoms with van der Waals surface area (Å²) in [6.45, 7) is 6.45. The van der Waals surface area contributed by atoms with Gasteiger partial charge in [-0.05, 0) is 19.2 Å². The van der Waals surface area contributed by atoms with Crippen LogP contribution >= 0.6 is 11.8 Å². The fraction of sp³-hybridized carbons (Fsp3) is 0.917. The molecule has 2 aliphatic rings. The van der Waals surface area contributed by atoms with E-state index in [2.05, 4.69) is 24.2 Å². The lowest BCUT2D eigenvalue weighted by Gasteiger charge is -2.32. The first-order chi connectivity index (χ1) is 8.18. The van der Waals surface area contributed by atoms with Crippen molar-refractivity contribution in [3.63, 3.8) is 0 Å². The lowest BCUT2D eigenvalue weighted by atomic mass is 10.1. The van der Waals surface area contributed by atoms with Gasteiger partial charge in [-0.3, -0.25) is 9.69 Å². The van der Waals surface area contributed by atoms with Crippen LogP contribution in [-0.2, 0) is 4.79 Å². The average Bonchev–Trinajstić information content (AvgIpc) is 2.76. The Kier molecular flexibility index (Phi) is 4.70. The standard InChI is InChI=1S/C12H23N3OS/c1-10-11(3-8-17-10)14(2)9-12(16)15-6-4-13-5-7-15/h10-11,13H,3-9H2,1-2H3. The van der Waals surface area contributed by atoms with Crippen LogP contribution in [0.25, 0.3) is 0 Å². The van der Waals surface area contributed by atoms with Crippen LogP contribution in [0.2, 0.25) is 0 Å². The Morgan fingerprint density at radius 3 is 2.76 bits per heavy atom. The molecule has 0 saturated carbocycles. The van der Waals surface area contributed by atoms with E-state index >= 15 is 0 Å². The van der Waals surface area contributed by atoms with Crippen molar-refractivity contribution in [2.75, 3.05) is 45.5 Å². The fourth-order valence-corrected chi connectivity index (χ4v) is 3.96. The summed E-state index contributed by atoms with van der Waals surface area (Å²) >= 11 is 2.02. The number of nitrogens with zero attached hydrogens (tertiary/aromatic N) is 2. The lowest BCUT2D eigenvalue weighted by Crippen LogP contribution is -2.50. The summed E-state index contributed by atoms with van der Waals surface area (Å²) in [5.74, 6) is 1.52. The van der Waals surface area contributed by atoms with Gasteiger partial charge in [0.05, 0.1) is 6.54 Å². The van der Waals surface area contributed by atoms with Crippen LogP contribution in [0.4, 0.5) is 0 Å². The first-order valence-electron chi connectivity index (χ1n) is 6.49. The van der Waals surface area contributed by atoms with Crippen molar-refractivity contribution in [3.8, 4) is 0 Å². The number of hydrogen-bond donors (Lipinski definition) is 1. The molecule has 1 amide bonds. The van der Waals surface area contributed by atoms with Crippen LogP contribution in [0.3, 0.4) is 0 Å². The van der Waals surface area contributed by atoms with Gasteiger partial charge in [0.2, 0.25) is 5.91 Å². The summed E-state index contributed by atoms with van der Waals surface area (Å²) in [7, 11) is 2.09. The lowest BCUT2D eigenvalue weighted by molar-refractivity contribution is -0.133. The fourth-order valence-electron chi connectivity index (χ4n) is 2.64. The number of carbonyl (C=O) groups excluding carboxylic acids is 1. The maximum absolute atomic E-state index is 12.1. The third kappa shape index (κ3) is 3.36. The summed E-state index contributed by atoms with van der Waals surface area (Å²) < 4.78 is 0. The molecule has 0 aromatic heterocycles. The highest BCUT2D eigenvalue weighted by atomic mass is 32.2. The van der Waals surface area contributed by atoms with E-state index in [1.165, 1.54) is 12.2 Å². The third-order valence-corrected chi connectivity index (χ3v) is 5.07. The molecule has 17 heavy (non-hydrogen) atoms. The van der Waals surface area contributed by atoms with Crippen LogP contribution in [0.1, 0.15) is 13.3 Å². The molecule has 0 aromatic carbocycles. The summed E-state index contributed by atoms with van der Waals surface area (Å²) in [5.41, 5.74) is 0. The predicted molar refractivity (Wildman–Crippen MR) is 72.4 cm³/mol. The molecule has 1 N–H and O–H groups in total. The van der Waals surface area contributed by atoms with Crippen LogP contribution < -0.4 is 5.32 Å². The van der Waals surface area contributed by atoms with Gasteiger partial charge in [0.15, 0.2) is 0 Å². The van der Waals surface area contributed by atoms with Crippen molar-refractivity contribution in [1.29, 1.82) is 0 Å². The normalized spacial score (nSPS) is 29.9. The summed E-state index contributed by atoms with van der Waals surface area (Å²) in [5, 5.41) is 3.94. The molecule has 0 spiro atoms. The molecule has 0 aromatic rings. The van der Waals surface area contributed by atoms with E-state index < -0.39 is 0 Å². The molecule has 2 rings (SSSR count). The van der Waals surface area contributed by atoms with E-state index in [1.807, 2.05) is 16.7 Å². The van der Waals surface area contributed by atoms with Crippen molar-refractivity contribution >= 4 is 17.7 Å². The first-order valence-corrected chi connectivity index (χ1v) is 7.53. The predicted octanol–water partition coefficient (Wildman–Crippen LogP) is 0.244. The summed E-state index contributed by atoms with van der Waals surface area (Å²) in [6.07, 6.45) is 1.22. The van der Waals surface area contributed by atoms with E-state index in [4.69, 9.17) is 0 Å². The van der Waals surface area contributed by atoms with Crippen molar-refractivity contribution in [3.05, 3.63) is 0 Å². The first kappa shape index (κ1) is 13.2. The number of carbonyl (C=O) groups is 1. The molecule has 2 heterocycles. The summed E-state index contributed by atoms with van der Waals surface area (Å²) in [4.78, 5) is 16.4. The third-order valence-electron chi connectivity index (χ3n) is 3.76. The molecule has 2 fully saturated rings. The second-order valence-electron chi connectivity index (χ2n) is 4.98. The van der Waals surface area contributed by atoms with E-state index in [0.717, 1.165) is 26.2 Å². The van der Waals surface area contributed by atoms with Gasteiger partial charge in [-0.15, -0.1) is 0 Å². The topological polar surface area (TPSA) is 35.6 Å². The van der Waals surface area contributed by atoms with Crippen LogP contribution in [0.15, 0.2) is 0 Å². The zero-order valence-electron chi connectivity index (χ0n) is 10.8. The Morgan fingerprint density at radius 2 is 2.18 bits per heavy atom. The molecule has 4 nitrogen and oxygen atoms in total. The van der Waals surface area contributed by atoms with Gasteiger partial charge in [-0.2, -0.15) is 11.8 Å². The maximum atomic E-state index is 12.1. The van der Waals surface area contributed by atoms with E-state index in [-0.39, 0.29) is 5.91 Å². The largest absolute Gasteiger partial charge is 0.339 e. The number of thioether (sulfide) groups is 1. The number of likely N-dealkylation sites (N-methyl/N-ethyl adjacent to an activating group) is 1. The molecule has 2 aliphatic heterocycles. The zero-order valence-corrected chi connectivity index (χ0v) is 11.6. The van der Waals surface area contributed by atoms with Crippen LogP contribution in [0, 0.1) is 0 Å². The second-order valence-corrected chi connectivity index (χ2v) is 6.46. The Morgan fingerprint density at radius 1 is 1.47 bits per heavy atom. The minimum absolute atomic E-state index is 0.290. The number of piperazine rings is 1. The van der Waals surface area contributed by atoms with Gasteiger partial charge in [0, 0.05) is 37.5 Å². The van der Waals surface area contributed by atoms with Crippen molar-refractivity contribution in [2.45, 2.75) is 24.6 Å². The highest BCUT2D eigenvalue weighted by Crippen LogP contribution is 2.29. The van der Waals surface area contributed by atoms with Gasteiger partial charge in [-0.25, -0.2) is 0 Å². The number of amides is 1. The van der Waals surface area contributed by atoms with E-state index in [0.29, 0.717) is 17.8 Å². The highest BCUT2D eigenvalue weighted by molar-refractivity contribution is 8.00. The number of rotatable bonds is 3. The quantitative estimate of drug-likeness (QED) is 0.786. The van der Waals surface area contributed by atoms with Crippen LogP contribution in [-0.4, -0.2) is 72.5 Å². The van der Waals surface area contributed by atoms with Crippen LogP contribution in [0.5, 0.6) is 0 Å². The highest BCUT2D eigenvalue weighted by Gasteiger charge is 2.29. The molecular formula is C12H23N3OS. The minimum Gasteiger partial charge on any atom is -0.339 e. The Bertz CT molecular complexity index is 268. The Hall–Kier alpha value is -0.260. The smallest absolute Gasteiger partial charge is 0.236 e. The van der Waals surface area contributed by atoms with E-state index in [1.54, 1.807) is 0 Å². The minimum atomic E-state index is 0.290. The Balaban J connectivity index is 1.80. The molecule has 2 saturated heterocycles. The molecule has 0 bridgehead atoms. The van der Waals surface area contributed by atoms with Gasteiger partial charge < -0.3 is 10.2 Å². The molecule has 98 valence electrons.